The second-order valence-corrected chi connectivity index (χ2v) is 5.65. The standard InChI is InChI=1S/C12H16BrN3O2S/c1-2-5-15-12(18)16-11(17)7-19-10-4-3-8(14)6-9(10)13/h3-4,6H,2,5,7,14H2,1H3,(H2,15,16,17,18). The number of halogens is 1. The van der Waals surface area contributed by atoms with Gasteiger partial charge in [0.1, 0.15) is 0 Å². The summed E-state index contributed by atoms with van der Waals surface area (Å²) in [4.78, 5) is 23.7. The Hall–Kier alpha value is -1.21. The molecule has 0 heterocycles. The topological polar surface area (TPSA) is 84.2 Å². The van der Waals surface area contributed by atoms with Crippen molar-refractivity contribution in [3.05, 3.63) is 22.7 Å². The van der Waals surface area contributed by atoms with Crippen molar-refractivity contribution in [3.63, 3.8) is 0 Å². The van der Waals surface area contributed by atoms with Gasteiger partial charge in [-0.05, 0) is 40.5 Å². The Kier molecular flexibility index (Phi) is 6.72. The largest absolute Gasteiger partial charge is 0.399 e. The minimum Gasteiger partial charge on any atom is -0.399 e. The van der Waals surface area contributed by atoms with Crippen molar-refractivity contribution >= 4 is 45.3 Å². The molecule has 1 rings (SSSR count). The van der Waals surface area contributed by atoms with Gasteiger partial charge in [0.2, 0.25) is 5.91 Å². The SMILES string of the molecule is CCCNC(=O)NC(=O)CSc1ccc(N)cc1Br. The number of amides is 3. The Bertz CT molecular complexity index is 468. The molecule has 0 saturated carbocycles. The van der Waals surface area contributed by atoms with Gasteiger partial charge < -0.3 is 11.1 Å². The summed E-state index contributed by atoms with van der Waals surface area (Å²) in [7, 11) is 0. The first-order valence-electron chi connectivity index (χ1n) is 5.78. The highest BCUT2D eigenvalue weighted by molar-refractivity contribution is 9.10. The normalized spacial score (nSPS) is 10.0. The fraction of sp³-hybridized carbons (Fsp3) is 0.333. The van der Waals surface area contributed by atoms with Crippen LogP contribution in [0.4, 0.5) is 10.5 Å². The van der Waals surface area contributed by atoms with E-state index in [9.17, 15) is 9.59 Å². The first-order valence-corrected chi connectivity index (χ1v) is 7.56. The Morgan fingerprint density at radius 3 is 2.79 bits per heavy atom. The lowest BCUT2D eigenvalue weighted by Gasteiger charge is -2.07. The van der Waals surface area contributed by atoms with Gasteiger partial charge in [-0.15, -0.1) is 11.8 Å². The zero-order valence-corrected chi connectivity index (χ0v) is 12.9. The van der Waals surface area contributed by atoms with Crippen LogP contribution in [0.5, 0.6) is 0 Å². The van der Waals surface area contributed by atoms with Gasteiger partial charge in [-0.1, -0.05) is 6.92 Å². The smallest absolute Gasteiger partial charge is 0.321 e. The maximum absolute atomic E-state index is 11.5. The summed E-state index contributed by atoms with van der Waals surface area (Å²) in [6.07, 6.45) is 0.828. The van der Waals surface area contributed by atoms with Crippen LogP contribution in [-0.4, -0.2) is 24.2 Å². The van der Waals surface area contributed by atoms with Gasteiger partial charge in [-0.3, -0.25) is 10.1 Å². The molecular formula is C12H16BrN3O2S. The number of hydrogen-bond acceptors (Lipinski definition) is 4. The van der Waals surface area contributed by atoms with Crippen LogP contribution in [0.15, 0.2) is 27.6 Å². The summed E-state index contributed by atoms with van der Waals surface area (Å²) in [5.41, 5.74) is 6.28. The molecule has 0 unspecified atom stereocenters. The summed E-state index contributed by atoms with van der Waals surface area (Å²) in [5.74, 6) is -0.162. The van der Waals surface area contributed by atoms with Crippen LogP contribution in [0.25, 0.3) is 0 Å². The van der Waals surface area contributed by atoms with Crippen LogP contribution in [0.2, 0.25) is 0 Å². The highest BCUT2D eigenvalue weighted by Gasteiger charge is 2.09. The molecule has 0 bridgehead atoms. The van der Waals surface area contributed by atoms with Crippen molar-refractivity contribution in [2.75, 3.05) is 18.0 Å². The van der Waals surface area contributed by atoms with Gasteiger partial charge >= 0.3 is 6.03 Å². The summed E-state index contributed by atoms with van der Waals surface area (Å²) >= 11 is 4.71. The fourth-order valence-electron chi connectivity index (χ4n) is 1.22. The second-order valence-electron chi connectivity index (χ2n) is 3.78. The van der Waals surface area contributed by atoms with E-state index in [1.807, 2.05) is 13.0 Å². The van der Waals surface area contributed by atoms with E-state index in [2.05, 4.69) is 26.6 Å². The number of carbonyl (C=O) groups excluding carboxylic acids is 2. The third kappa shape index (κ3) is 5.98. The molecule has 4 N–H and O–H groups in total. The molecule has 0 aromatic heterocycles. The van der Waals surface area contributed by atoms with Crippen LogP contribution in [-0.2, 0) is 4.79 Å². The molecular weight excluding hydrogens is 330 g/mol. The number of carbonyl (C=O) groups is 2. The number of benzene rings is 1. The lowest BCUT2D eigenvalue weighted by molar-refractivity contribution is -0.117. The van der Waals surface area contributed by atoms with Crippen LogP contribution in [0, 0.1) is 0 Å². The van der Waals surface area contributed by atoms with E-state index in [0.717, 1.165) is 15.8 Å². The zero-order valence-electron chi connectivity index (χ0n) is 10.5. The number of urea groups is 1. The lowest BCUT2D eigenvalue weighted by atomic mass is 10.3. The molecule has 1 aromatic carbocycles. The number of rotatable bonds is 5. The van der Waals surface area contributed by atoms with Crippen LogP contribution < -0.4 is 16.4 Å². The van der Waals surface area contributed by atoms with E-state index in [4.69, 9.17) is 5.73 Å². The Morgan fingerprint density at radius 1 is 1.42 bits per heavy atom. The van der Waals surface area contributed by atoms with Crippen molar-refractivity contribution in [1.82, 2.24) is 10.6 Å². The van der Waals surface area contributed by atoms with Gasteiger partial charge in [0.25, 0.3) is 0 Å². The summed E-state index contributed by atoms with van der Waals surface area (Å²) in [5, 5.41) is 4.84. The minimum absolute atomic E-state index is 0.169. The predicted molar refractivity (Wildman–Crippen MR) is 81.1 cm³/mol. The Balaban J connectivity index is 2.39. The molecule has 0 radical (unpaired) electrons. The molecule has 0 aliphatic carbocycles. The molecule has 7 heteroatoms. The zero-order chi connectivity index (χ0) is 14.3. The summed E-state index contributed by atoms with van der Waals surface area (Å²) < 4.78 is 0.834. The van der Waals surface area contributed by atoms with Crippen molar-refractivity contribution < 1.29 is 9.59 Å². The molecule has 0 aliphatic rings. The molecule has 0 atom stereocenters. The average molecular weight is 346 g/mol. The maximum atomic E-state index is 11.5. The highest BCUT2D eigenvalue weighted by Crippen LogP contribution is 2.28. The van der Waals surface area contributed by atoms with Gasteiger partial charge in [-0.25, -0.2) is 4.79 Å². The Morgan fingerprint density at radius 2 is 2.16 bits per heavy atom. The summed E-state index contributed by atoms with van der Waals surface area (Å²) in [6.45, 7) is 2.49. The van der Waals surface area contributed by atoms with Gasteiger partial charge in [-0.2, -0.15) is 0 Å². The van der Waals surface area contributed by atoms with E-state index in [-0.39, 0.29) is 11.7 Å². The lowest BCUT2D eigenvalue weighted by Crippen LogP contribution is -2.40. The first kappa shape index (κ1) is 15.8. The molecule has 0 saturated heterocycles. The number of nitrogens with two attached hydrogens (primary N) is 1. The molecule has 19 heavy (non-hydrogen) atoms. The third-order valence-corrected chi connectivity index (χ3v) is 4.10. The van der Waals surface area contributed by atoms with Crippen LogP contribution >= 0.6 is 27.7 Å². The number of anilines is 1. The van der Waals surface area contributed by atoms with Crippen molar-refractivity contribution in [3.8, 4) is 0 Å². The first-order chi connectivity index (χ1) is 9.02. The van der Waals surface area contributed by atoms with Gasteiger partial charge in [0, 0.05) is 21.6 Å². The predicted octanol–water partition coefficient (Wildman–Crippen LogP) is 2.36. The number of thioether (sulfide) groups is 1. The number of nitrogens with one attached hydrogen (secondary N) is 2. The van der Waals surface area contributed by atoms with Crippen LogP contribution in [0.3, 0.4) is 0 Å². The van der Waals surface area contributed by atoms with E-state index in [0.29, 0.717) is 12.2 Å². The molecule has 5 nitrogen and oxygen atoms in total. The average Bonchev–Trinajstić information content (AvgIpc) is 2.35. The maximum Gasteiger partial charge on any atom is 0.321 e. The number of nitrogen functional groups attached to an aromatic ring is 1. The second kappa shape index (κ2) is 8.06. The summed E-state index contributed by atoms with van der Waals surface area (Å²) in [6, 6.07) is 4.91. The molecule has 104 valence electrons. The monoisotopic (exact) mass is 345 g/mol. The van der Waals surface area contributed by atoms with Crippen LogP contribution in [0.1, 0.15) is 13.3 Å². The molecule has 1 aromatic rings. The third-order valence-electron chi connectivity index (χ3n) is 2.10. The van der Waals surface area contributed by atoms with E-state index < -0.39 is 6.03 Å². The van der Waals surface area contributed by atoms with E-state index in [1.165, 1.54) is 11.8 Å². The van der Waals surface area contributed by atoms with Crippen molar-refractivity contribution in [2.45, 2.75) is 18.2 Å². The Labute approximate surface area is 124 Å². The minimum atomic E-state index is -0.455. The molecule has 0 aliphatic heterocycles. The number of imide groups is 1. The number of hydrogen-bond donors (Lipinski definition) is 3. The molecule has 3 amide bonds. The molecule has 0 fully saturated rings. The molecule has 0 spiro atoms. The van der Waals surface area contributed by atoms with Crippen molar-refractivity contribution in [1.29, 1.82) is 0 Å². The van der Waals surface area contributed by atoms with E-state index >= 15 is 0 Å². The van der Waals surface area contributed by atoms with E-state index in [1.54, 1.807) is 12.1 Å². The quantitative estimate of drug-likeness (QED) is 0.565. The van der Waals surface area contributed by atoms with Gasteiger partial charge in [0.05, 0.1) is 5.75 Å². The fourth-order valence-corrected chi connectivity index (χ4v) is 2.68. The van der Waals surface area contributed by atoms with Gasteiger partial charge in [0.15, 0.2) is 0 Å². The highest BCUT2D eigenvalue weighted by atomic mass is 79.9. The van der Waals surface area contributed by atoms with Crippen molar-refractivity contribution in [2.24, 2.45) is 0 Å².